The molecule has 3 rings (SSSR count). The highest BCUT2D eigenvalue weighted by molar-refractivity contribution is 5.45. The van der Waals surface area contributed by atoms with Crippen LogP contribution in [0.15, 0.2) is 42.7 Å². The third-order valence-electron chi connectivity index (χ3n) is 4.68. The van der Waals surface area contributed by atoms with Crippen molar-refractivity contribution in [2.45, 2.75) is 50.7 Å². The van der Waals surface area contributed by atoms with Gasteiger partial charge in [-0.3, -0.25) is 4.98 Å². The number of aliphatic hydroxyl groups is 1. The Morgan fingerprint density at radius 2 is 1.83 bits per heavy atom. The molecule has 4 heteroatoms. The van der Waals surface area contributed by atoms with Gasteiger partial charge in [0.15, 0.2) is 11.5 Å². The van der Waals surface area contributed by atoms with Crippen LogP contribution < -0.4 is 9.47 Å². The van der Waals surface area contributed by atoms with E-state index in [1.54, 1.807) is 19.5 Å². The Bertz CT molecular complexity index is 664. The van der Waals surface area contributed by atoms with Crippen molar-refractivity contribution in [2.75, 3.05) is 7.11 Å². The van der Waals surface area contributed by atoms with Crippen molar-refractivity contribution < 1.29 is 14.6 Å². The Morgan fingerprint density at radius 1 is 1.12 bits per heavy atom. The van der Waals surface area contributed by atoms with Crippen LogP contribution in [0.4, 0.5) is 0 Å². The first kappa shape index (κ1) is 16.8. The number of benzene rings is 1. The molecule has 0 spiro atoms. The molecule has 1 saturated carbocycles. The lowest BCUT2D eigenvalue weighted by Crippen LogP contribution is -2.24. The number of ether oxygens (including phenoxy) is 2. The molecule has 1 fully saturated rings. The number of nitrogens with zero attached hydrogens (tertiary/aromatic N) is 1. The third kappa shape index (κ3) is 3.88. The first-order valence-electron chi connectivity index (χ1n) is 8.55. The number of pyridine rings is 1. The van der Waals surface area contributed by atoms with Gasteiger partial charge in [0.25, 0.3) is 0 Å². The fraction of sp³-hybridized carbons (Fsp3) is 0.450. The molecule has 1 atom stereocenters. The van der Waals surface area contributed by atoms with Crippen LogP contribution in [0.3, 0.4) is 0 Å². The number of hydrogen-bond acceptors (Lipinski definition) is 4. The Morgan fingerprint density at radius 3 is 2.50 bits per heavy atom. The number of hydrogen-bond donors (Lipinski definition) is 1. The molecule has 1 aromatic heterocycles. The van der Waals surface area contributed by atoms with Crippen LogP contribution in [0, 0.1) is 0 Å². The maximum Gasteiger partial charge on any atom is 0.161 e. The summed E-state index contributed by atoms with van der Waals surface area (Å²) in [7, 11) is 1.64. The van der Waals surface area contributed by atoms with E-state index in [1.807, 2.05) is 37.3 Å². The highest BCUT2D eigenvalue weighted by Crippen LogP contribution is 2.36. The van der Waals surface area contributed by atoms with E-state index in [9.17, 15) is 5.11 Å². The van der Waals surface area contributed by atoms with Crippen LogP contribution in [0.25, 0.3) is 0 Å². The summed E-state index contributed by atoms with van der Waals surface area (Å²) in [6, 6.07) is 9.54. The van der Waals surface area contributed by atoms with Gasteiger partial charge in [0.1, 0.15) is 0 Å². The summed E-state index contributed by atoms with van der Waals surface area (Å²) in [6.07, 6.45) is 8.85. The van der Waals surface area contributed by atoms with Crippen LogP contribution in [-0.4, -0.2) is 23.3 Å². The Labute approximate surface area is 143 Å². The summed E-state index contributed by atoms with van der Waals surface area (Å²) in [6.45, 7) is 1.83. The first-order valence-corrected chi connectivity index (χ1v) is 8.55. The van der Waals surface area contributed by atoms with Crippen LogP contribution in [-0.2, 0) is 12.0 Å². The second-order valence-corrected chi connectivity index (χ2v) is 6.70. The molecule has 0 saturated heterocycles. The monoisotopic (exact) mass is 327 g/mol. The largest absolute Gasteiger partial charge is 0.493 e. The lowest BCUT2D eigenvalue weighted by Gasteiger charge is -2.26. The highest BCUT2D eigenvalue weighted by Gasteiger charge is 2.26. The summed E-state index contributed by atoms with van der Waals surface area (Å²) in [5.41, 5.74) is 0.888. The zero-order chi connectivity index (χ0) is 17.0. The SMILES string of the molecule is COc1ccc(C(C)(O)Cc2ccncc2)cc1OC1CCCC1. The topological polar surface area (TPSA) is 51.6 Å². The van der Waals surface area contributed by atoms with Gasteiger partial charge in [0, 0.05) is 18.8 Å². The minimum Gasteiger partial charge on any atom is -0.493 e. The predicted molar refractivity (Wildman–Crippen MR) is 93.4 cm³/mol. The Hall–Kier alpha value is -2.07. The molecular weight excluding hydrogens is 302 g/mol. The minimum atomic E-state index is -0.985. The number of rotatable bonds is 6. The quantitative estimate of drug-likeness (QED) is 0.875. The third-order valence-corrected chi connectivity index (χ3v) is 4.68. The molecule has 2 aromatic rings. The molecule has 1 unspecified atom stereocenters. The van der Waals surface area contributed by atoms with E-state index < -0.39 is 5.60 Å². The summed E-state index contributed by atoms with van der Waals surface area (Å²) in [5, 5.41) is 11.0. The summed E-state index contributed by atoms with van der Waals surface area (Å²) in [5.74, 6) is 1.43. The van der Waals surface area contributed by atoms with Crippen molar-refractivity contribution in [3.8, 4) is 11.5 Å². The first-order chi connectivity index (χ1) is 11.6. The summed E-state index contributed by atoms with van der Waals surface area (Å²) < 4.78 is 11.6. The average Bonchev–Trinajstić information content (AvgIpc) is 3.08. The van der Waals surface area contributed by atoms with Crippen LogP contribution in [0.1, 0.15) is 43.7 Å². The molecule has 24 heavy (non-hydrogen) atoms. The smallest absolute Gasteiger partial charge is 0.161 e. The van der Waals surface area contributed by atoms with Crippen molar-refractivity contribution in [1.82, 2.24) is 4.98 Å². The fourth-order valence-electron chi connectivity index (χ4n) is 3.29. The molecule has 128 valence electrons. The predicted octanol–water partition coefficient (Wildman–Crippen LogP) is 3.86. The van der Waals surface area contributed by atoms with Crippen molar-refractivity contribution in [1.29, 1.82) is 0 Å². The van der Waals surface area contributed by atoms with Crippen LogP contribution in [0.5, 0.6) is 11.5 Å². The number of aromatic nitrogens is 1. The van der Waals surface area contributed by atoms with E-state index >= 15 is 0 Å². The molecule has 1 aliphatic rings. The second-order valence-electron chi connectivity index (χ2n) is 6.70. The van der Waals surface area contributed by atoms with E-state index in [0.717, 1.165) is 29.7 Å². The van der Waals surface area contributed by atoms with Gasteiger partial charge in [-0.1, -0.05) is 6.07 Å². The Balaban J connectivity index is 1.83. The zero-order valence-electron chi connectivity index (χ0n) is 14.4. The van der Waals surface area contributed by atoms with Crippen LogP contribution in [0.2, 0.25) is 0 Å². The molecule has 0 bridgehead atoms. The molecule has 4 nitrogen and oxygen atoms in total. The normalized spacial score (nSPS) is 17.5. The van der Waals surface area contributed by atoms with Crippen molar-refractivity contribution in [3.63, 3.8) is 0 Å². The molecule has 0 amide bonds. The molecule has 1 aliphatic carbocycles. The average molecular weight is 327 g/mol. The molecule has 0 aliphatic heterocycles. The van der Waals surface area contributed by atoms with E-state index in [-0.39, 0.29) is 6.10 Å². The van der Waals surface area contributed by atoms with Gasteiger partial charge < -0.3 is 14.6 Å². The van der Waals surface area contributed by atoms with Crippen LogP contribution >= 0.6 is 0 Å². The van der Waals surface area contributed by atoms with Gasteiger partial charge in [-0.25, -0.2) is 0 Å². The van der Waals surface area contributed by atoms with Gasteiger partial charge in [-0.05, 0) is 68.0 Å². The van der Waals surface area contributed by atoms with Gasteiger partial charge in [-0.2, -0.15) is 0 Å². The summed E-state index contributed by atoms with van der Waals surface area (Å²) >= 11 is 0. The zero-order valence-corrected chi connectivity index (χ0v) is 14.4. The molecule has 1 aromatic carbocycles. The second kappa shape index (κ2) is 7.22. The standard InChI is InChI=1S/C20H25NO3/c1-20(22,14-15-9-11-21-12-10-15)16-7-8-18(23-2)19(13-16)24-17-5-3-4-6-17/h7-13,17,22H,3-6,14H2,1-2H3. The maximum absolute atomic E-state index is 11.0. The Kier molecular flexibility index (Phi) is 5.05. The molecule has 0 radical (unpaired) electrons. The molecule has 1 N–H and O–H groups in total. The lowest BCUT2D eigenvalue weighted by atomic mass is 9.89. The van der Waals surface area contributed by atoms with Crippen molar-refractivity contribution >= 4 is 0 Å². The minimum absolute atomic E-state index is 0.249. The van der Waals surface area contributed by atoms with E-state index in [2.05, 4.69) is 4.98 Å². The van der Waals surface area contributed by atoms with Gasteiger partial charge in [-0.15, -0.1) is 0 Å². The molecular formula is C20H25NO3. The summed E-state index contributed by atoms with van der Waals surface area (Å²) in [4.78, 5) is 4.02. The van der Waals surface area contributed by atoms with E-state index in [4.69, 9.17) is 9.47 Å². The van der Waals surface area contributed by atoms with E-state index in [1.165, 1.54) is 12.8 Å². The maximum atomic E-state index is 11.0. The lowest BCUT2D eigenvalue weighted by molar-refractivity contribution is 0.0570. The van der Waals surface area contributed by atoms with E-state index in [0.29, 0.717) is 12.2 Å². The fourth-order valence-corrected chi connectivity index (χ4v) is 3.29. The highest BCUT2D eigenvalue weighted by atomic mass is 16.5. The van der Waals surface area contributed by atoms with Gasteiger partial charge in [0.05, 0.1) is 18.8 Å². The molecule has 1 heterocycles. The van der Waals surface area contributed by atoms with Crippen molar-refractivity contribution in [3.05, 3.63) is 53.9 Å². The number of methoxy groups -OCH3 is 1. The van der Waals surface area contributed by atoms with Gasteiger partial charge in [0.2, 0.25) is 0 Å². The van der Waals surface area contributed by atoms with Gasteiger partial charge >= 0.3 is 0 Å². The van der Waals surface area contributed by atoms with Crippen molar-refractivity contribution in [2.24, 2.45) is 0 Å².